The van der Waals surface area contributed by atoms with Gasteiger partial charge in [-0.1, -0.05) is 24.3 Å². The third-order valence-electron chi connectivity index (χ3n) is 2.32. The van der Waals surface area contributed by atoms with E-state index in [0.29, 0.717) is 0 Å². The van der Waals surface area contributed by atoms with Crippen molar-refractivity contribution in [3.8, 4) is 11.5 Å². The van der Waals surface area contributed by atoms with E-state index in [9.17, 15) is 0 Å². The van der Waals surface area contributed by atoms with Crippen molar-refractivity contribution in [1.29, 1.82) is 0 Å². The van der Waals surface area contributed by atoms with Crippen molar-refractivity contribution in [2.24, 2.45) is 0 Å². The minimum atomic E-state index is -1.28. The van der Waals surface area contributed by atoms with Crippen LogP contribution in [0.4, 0.5) is 0 Å². The lowest BCUT2D eigenvalue weighted by Crippen LogP contribution is -2.03. The Morgan fingerprint density at radius 2 is 1.60 bits per heavy atom. The van der Waals surface area contributed by atoms with Crippen LogP contribution in [0, 0.1) is 0 Å². The molecule has 3 nitrogen and oxygen atoms in total. The number of hydrogen-bond acceptors (Lipinski definition) is 3. The minimum Gasteiger partial charge on any atom is -0.417 e. The molecule has 1 heterocycles. The molecule has 0 bridgehead atoms. The summed E-state index contributed by atoms with van der Waals surface area (Å²) in [5, 5.41) is 2.14. The number of hydrogen-bond donors (Lipinski definition) is 0. The molecule has 0 spiro atoms. The number of benzene rings is 2. The maximum absolute atomic E-state index is 5.57. The van der Waals surface area contributed by atoms with Gasteiger partial charge in [-0.15, -0.1) is 0 Å². The maximum atomic E-state index is 5.57. The highest BCUT2D eigenvalue weighted by molar-refractivity contribution is 7.42. The highest BCUT2D eigenvalue weighted by atomic mass is 31.2. The van der Waals surface area contributed by atoms with Crippen LogP contribution < -0.4 is 9.05 Å². The van der Waals surface area contributed by atoms with Gasteiger partial charge in [-0.3, -0.25) is 4.52 Å². The Morgan fingerprint density at radius 1 is 1.00 bits per heavy atom. The fourth-order valence-electron chi connectivity index (χ4n) is 1.68. The van der Waals surface area contributed by atoms with Crippen molar-refractivity contribution in [1.82, 2.24) is 0 Å². The highest BCUT2D eigenvalue weighted by Gasteiger charge is 2.24. The Balaban J connectivity index is 2.27. The molecule has 0 N–H and O–H groups in total. The molecule has 2 aromatic carbocycles. The van der Waals surface area contributed by atoms with Crippen LogP contribution >= 0.6 is 8.60 Å². The van der Waals surface area contributed by atoms with Crippen LogP contribution in [0.5, 0.6) is 11.5 Å². The zero-order chi connectivity index (χ0) is 10.3. The second kappa shape index (κ2) is 3.37. The Morgan fingerprint density at radius 3 is 2.13 bits per heavy atom. The molecular weight excluding hydrogens is 211 g/mol. The van der Waals surface area contributed by atoms with Gasteiger partial charge in [-0.05, 0) is 17.5 Å². The van der Waals surface area contributed by atoms with E-state index in [1.165, 1.54) is 0 Å². The second-order valence-electron chi connectivity index (χ2n) is 3.20. The average molecular weight is 220 g/mol. The summed E-state index contributed by atoms with van der Waals surface area (Å²) in [7, 11) is 0.301. The predicted octanol–water partition coefficient (Wildman–Crippen LogP) is 3.48. The quantitative estimate of drug-likeness (QED) is 0.688. The monoisotopic (exact) mass is 220 g/mol. The number of rotatable bonds is 1. The zero-order valence-corrected chi connectivity index (χ0v) is 9.03. The lowest BCUT2D eigenvalue weighted by atomic mass is 10.1. The molecule has 15 heavy (non-hydrogen) atoms. The molecule has 0 saturated heterocycles. The molecule has 0 unspecified atom stereocenters. The van der Waals surface area contributed by atoms with Gasteiger partial charge >= 0.3 is 8.60 Å². The van der Waals surface area contributed by atoms with E-state index >= 15 is 0 Å². The molecule has 4 heteroatoms. The van der Waals surface area contributed by atoms with E-state index in [2.05, 4.69) is 0 Å². The van der Waals surface area contributed by atoms with Gasteiger partial charge in [0.25, 0.3) is 0 Å². The molecule has 0 radical (unpaired) electrons. The summed E-state index contributed by atoms with van der Waals surface area (Å²) < 4.78 is 16.2. The third kappa shape index (κ3) is 1.36. The summed E-state index contributed by atoms with van der Waals surface area (Å²) in [5.74, 6) is 1.67. The molecule has 0 atom stereocenters. The first-order chi connectivity index (χ1) is 7.38. The fraction of sp³-hybridized carbons (Fsp3) is 0.0909. The summed E-state index contributed by atoms with van der Waals surface area (Å²) in [6.45, 7) is 0. The Labute approximate surface area is 88.6 Å². The lowest BCUT2D eigenvalue weighted by Gasteiger charge is -2.23. The fourth-order valence-corrected chi connectivity index (χ4v) is 2.49. The van der Waals surface area contributed by atoms with Gasteiger partial charge in [-0.2, -0.15) is 0 Å². The van der Waals surface area contributed by atoms with Crippen molar-refractivity contribution >= 4 is 19.4 Å². The molecule has 0 fully saturated rings. The summed E-state index contributed by atoms with van der Waals surface area (Å²) in [6.07, 6.45) is 0. The van der Waals surface area contributed by atoms with E-state index < -0.39 is 8.60 Å². The van der Waals surface area contributed by atoms with Gasteiger partial charge in [0.1, 0.15) is 11.5 Å². The highest BCUT2D eigenvalue weighted by Crippen LogP contribution is 2.50. The summed E-state index contributed by atoms with van der Waals surface area (Å²) in [4.78, 5) is 0. The molecule has 0 aliphatic carbocycles. The molecule has 1 aliphatic rings. The first-order valence-electron chi connectivity index (χ1n) is 4.60. The van der Waals surface area contributed by atoms with Crippen LogP contribution in [0.2, 0.25) is 0 Å². The topological polar surface area (TPSA) is 27.7 Å². The summed E-state index contributed by atoms with van der Waals surface area (Å²) in [5.41, 5.74) is 0. The zero-order valence-electron chi connectivity index (χ0n) is 8.14. The van der Waals surface area contributed by atoms with Gasteiger partial charge in [-0.25, -0.2) is 0 Å². The van der Waals surface area contributed by atoms with Crippen molar-refractivity contribution in [2.45, 2.75) is 0 Å². The van der Waals surface area contributed by atoms with E-state index in [-0.39, 0.29) is 0 Å². The molecule has 3 rings (SSSR count). The molecule has 0 aromatic heterocycles. The molecule has 0 saturated carbocycles. The first kappa shape index (κ1) is 8.96. The summed E-state index contributed by atoms with van der Waals surface area (Å²) >= 11 is 0. The van der Waals surface area contributed by atoms with Crippen LogP contribution in [0.3, 0.4) is 0 Å². The van der Waals surface area contributed by atoms with E-state index in [0.717, 1.165) is 22.3 Å². The van der Waals surface area contributed by atoms with Gasteiger partial charge in [0.15, 0.2) is 0 Å². The van der Waals surface area contributed by atoms with Gasteiger partial charge in [0, 0.05) is 7.11 Å². The van der Waals surface area contributed by atoms with E-state index in [1.54, 1.807) is 7.11 Å². The van der Waals surface area contributed by atoms with Crippen molar-refractivity contribution in [3.63, 3.8) is 0 Å². The second-order valence-corrected chi connectivity index (χ2v) is 4.38. The predicted molar refractivity (Wildman–Crippen MR) is 59.1 cm³/mol. The third-order valence-corrected chi connectivity index (χ3v) is 3.31. The average Bonchev–Trinajstić information content (AvgIpc) is 2.29. The Bertz CT molecular complexity index is 471. The SMILES string of the molecule is COP1Oc2cccc3cccc(c23)O1. The van der Waals surface area contributed by atoms with Crippen LogP contribution in [0.1, 0.15) is 0 Å². The largest absolute Gasteiger partial charge is 0.462 e. The standard InChI is InChI=1S/C11H9O3P/c1-12-15-13-9-6-2-4-8-5-3-7-10(14-15)11(8)9/h2-7H,1H3. The van der Waals surface area contributed by atoms with Crippen LogP contribution in [0.25, 0.3) is 10.8 Å². The van der Waals surface area contributed by atoms with E-state index in [4.69, 9.17) is 13.6 Å². The molecular formula is C11H9O3P. The molecule has 1 aliphatic heterocycles. The van der Waals surface area contributed by atoms with Crippen molar-refractivity contribution < 1.29 is 13.6 Å². The van der Waals surface area contributed by atoms with Crippen LogP contribution in [0.15, 0.2) is 36.4 Å². The molecule has 76 valence electrons. The van der Waals surface area contributed by atoms with Crippen LogP contribution in [-0.4, -0.2) is 7.11 Å². The maximum Gasteiger partial charge on any atom is 0.462 e. The molecule has 2 aromatic rings. The van der Waals surface area contributed by atoms with Gasteiger partial charge in [0.2, 0.25) is 0 Å². The van der Waals surface area contributed by atoms with Crippen LogP contribution in [-0.2, 0) is 4.52 Å². The molecule has 0 amide bonds. The Kier molecular flexibility index (Phi) is 2.01. The van der Waals surface area contributed by atoms with E-state index in [1.807, 2.05) is 36.4 Å². The smallest absolute Gasteiger partial charge is 0.417 e. The van der Waals surface area contributed by atoms with Crippen molar-refractivity contribution in [3.05, 3.63) is 36.4 Å². The van der Waals surface area contributed by atoms with Gasteiger partial charge < -0.3 is 9.05 Å². The Hall–Kier alpha value is -1.31. The normalized spacial score (nSPS) is 14.7. The van der Waals surface area contributed by atoms with Crippen molar-refractivity contribution in [2.75, 3.05) is 7.11 Å². The van der Waals surface area contributed by atoms with Gasteiger partial charge in [0.05, 0.1) is 5.39 Å². The minimum absolute atomic E-state index is 0.835. The lowest BCUT2D eigenvalue weighted by molar-refractivity contribution is 0.318. The summed E-state index contributed by atoms with van der Waals surface area (Å²) in [6, 6.07) is 11.9. The first-order valence-corrected chi connectivity index (χ1v) is 5.70.